The van der Waals surface area contributed by atoms with Crippen molar-refractivity contribution in [3.05, 3.63) is 76.9 Å². The van der Waals surface area contributed by atoms with Gasteiger partial charge in [0.25, 0.3) is 5.91 Å². The summed E-state index contributed by atoms with van der Waals surface area (Å²) in [6.45, 7) is 5.55. The molecule has 150 valence electrons. The van der Waals surface area contributed by atoms with Crippen molar-refractivity contribution in [3.63, 3.8) is 0 Å². The van der Waals surface area contributed by atoms with E-state index in [0.29, 0.717) is 23.5 Å². The van der Waals surface area contributed by atoms with Crippen molar-refractivity contribution >= 4 is 11.7 Å². The summed E-state index contributed by atoms with van der Waals surface area (Å²) in [5, 5.41) is 6.72. The van der Waals surface area contributed by atoms with Crippen molar-refractivity contribution in [1.29, 1.82) is 0 Å². The van der Waals surface area contributed by atoms with Gasteiger partial charge in [-0.15, -0.1) is 0 Å². The average molecular weight is 393 g/mol. The minimum atomic E-state index is -0.313. The van der Waals surface area contributed by atoms with E-state index in [1.54, 1.807) is 36.5 Å². The van der Waals surface area contributed by atoms with Crippen LogP contribution in [-0.4, -0.2) is 27.9 Å². The second kappa shape index (κ2) is 9.14. The van der Waals surface area contributed by atoms with Crippen LogP contribution in [0, 0.1) is 6.92 Å². The number of ketones is 1. The lowest BCUT2D eigenvalue weighted by atomic mass is 10.1. The van der Waals surface area contributed by atoms with Gasteiger partial charge in [0.05, 0.1) is 0 Å². The number of benzene rings is 1. The predicted molar refractivity (Wildman–Crippen MR) is 107 cm³/mol. The van der Waals surface area contributed by atoms with E-state index in [-0.39, 0.29) is 30.0 Å². The molecule has 0 aliphatic carbocycles. The molecule has 29 heavy (non-hydrogen) atoms. The summed E-state index contributed by atoms with van der Waals surface area (Å²) in [6, 6.07) is 12.1. The number of hydrogen-bond donors (Lipinski definition) is 1. The quantitative estimate of drug-likeness (QED) is 0.589. The number of rotatable bonds is 8. The molecule has 3 aromatic rings. The summed E-state index contributed by atoms with van der Waals surface area (Å²) in [4.78, 5) is 28.0. The molecule has 7 heteroatoms. The van der Waals surface area contributed by atoms with Gasteiger partial charge >= 0.3 is 0 Å². The van der Waals surface area contributed by atoms with Crippen LogP contribution >= 0.6 is 0 Å². The Morgan fingerprint density at radius 1 is 1.21 bits per heavy atom. The average Bonchev–Trinajstić information content (AvgIpc) is 3.18. The molecule has 2 heterocycles. The lowest BCUT2D eigenvalue weighted by Gasteiger charge is -2.13. The maximum atomic E-state index is 12.4. The molecule has 0 spiro atoms. The molecule has 1 unspecified atom stereocenters. The topological polar surface area (TPSA) is 94.3 Å². The van der Waals surface area contributed by atoms with Crippen LogP contribution in [0.2, 0.25) is 0 Å². The fourth-order valence-electron chi connectivity index (χ4n) is 2.80. The van der Waals surface area contributed by atoms with E-state index >= 15 is 0 Å². The van der Waals surface area contributed by atoms with Gasteiger partial charge in [0, 0.05) is 36.0 Å². The highest BCUT2D eigenvalue weighted by atomic mass is 16.5. The van der Waals surface area contributed by atoms with Crippen LogP contribution in [0.3, 0.4) is 0 Å². The minimum absolute atomic E-state index is 0.00475. The predicted octanol–water partition coefficient (Wildman–Crippen LogP) is 3.52. The van der Waals surface area contributed by atoms with Gasteiger partial charge in [0.1, 0.15) is 12.4 Å². The molecular weight excluding hydrogens is 370 g/mol. The lowest BCUT2D eigenvalue weighted by molar-refractivity contribution is 0.0929. The SMILES string of the molecule is CC(=O)c1ccc(OCc2cc(C(=O)NC(C)Cc3ncccc3C)no2)cc1. The first kappa shape index (κ1) is 20.3. The molecule has 3 rings (SSSR count). The first-order chi connectivity index (χ1) is 13.9. The Balaban J connectivity index is 1.52. The third-order valence-electron chi connectivity index (χ3n) is 4.43. The van der Waals surface area contributed by atoms with Gasteiger partial charge in [-0.3, -0.25) is 14.6 Å². The van der Waals surface area contributed by atoms with Crippen LogP contribution in [0.5, 0.6) is 5.75 Å². The molecule has 0 saturated carbocycles. The van der Waals surface area contributed by atoms with Crippen LogP contribution < -0.4 is 10.1 Å². The summed E-state index contributed by atoms with van der Waals surface area (Å²) in [5.74, 6) is 0.706. The number of Topliss-reactive ketones (excluding diaryl/α,β-unsaturated/α-hetero) is 1. The van der Waals surface area contributed by atoms with Crippen molar-refractivity contribution in [2.75, 3.05) is 0 Å². The van der Waals surface area contributed by atoms with E-state index in [2.05, 4.69) is 15.5 Å². The lowest BCUT2D eigenvalue weighted by Crippen LogP contribution is -2.34. The summed E-state index contributed by atoms with van der Waals surface area (Å²) >= 11 is 0. The molecule has 0 bridgehead atoms. The van der Waals surface area contributed by atoms with E-state index in [1.807, 2.05) is 26.0 Å². The third kappa shape index (κ3) is 5.51. The van der Waals surface area contributed by atoms with Gasteiger partial charge in [0.2, 0.25) is 0 Å². The molecule has 0 fully saturated rings. The number of amides is 1. The number of aromatic nitrogens is 2. The Hall–Kier alpha value is -3.48. The van der Waals surface area contributed by atoms with E-state index in [0.717, 1.165) is 11.3 Å². The zero-order chi connectivity index (χ0) is 20.8. The zero-order valence-corrected chi connectivity index (χ0v) is 16.6. The van der Waals surface area contributed by atoms with E-state index in [4.69, 9.17) is 9.26 Å². The number of ether oxygens (including phenoxy) is 1. The van der Waals surface area contributed by atoms with Crippen LogP contribution in [0.15, 0.2) is 53.2 Å². The Kier molecular flexibility index (Phi) is 6.39. The largest absolute Gasteiger partial charge is 0.486 e. The molecular formula is C22H23N3O4. The number of nitrogens with one attached hydrogen (secondary N) is 1. The number of aryl methyl sites for hydroxylation is 1. The third-order valence-corrected chi connectivity index (χ3v) is 4.43. The zero-order valence-electron chi connectivity index (χ0n) is 16.6. The molecule has 7 nitrogen and oxygen atoms in total. The molecule has 0 saturated heterocycles. The van der Waals surface area contributed by atoms with Gasteiger partial charge in [-0.25, -0.2) is 0 Å². The smallest absolute Gasteiger partial charge is 0.273 e. The minimum Gasteiger partial charge on any atom is -0.486 e. The summed E-state index contributed by atoms with van der Waals surface area (Å²) in [6.07, 6.45) is 2.37. The summed E-state index contributed by atoms with van der Waals surface area (Å²) in [5.41, 5.74) is 2.85. The molecule has 1 N–H and O–H groups in total. The van der Waals surface area contributed by atoms with E-state index in [1.165, 1.54) is 6.92 Å². The van der Waals surface area contributed by atoms with Crippen molar-refractivity contribution in [1.82, 2.24) is 15.5 Å². The van der Waals surface area contributed by atoms with Gasteiger partial charge in [0.15, 0.2) is 17.2 Å². The Morgan fingerprint density at radius 2 is 1.97 bits per heavy atom. The number of hydrogen-bond acceptors (Lipinski definition) is 6. The van der Waals surface area contributed by atoms with Gasteiger partial charge in [-0.2, -0.15) is 0 Å². The second-order valence-electron chi connectivity index (χ2n) is 6.89. The van der Waals surface area contributed by atoms with Crippen LogP contribution in [0.4, 0.5) is 0 Å². The van der Waals surface area contributed by atoms with Crippen molar-refractivity contribution in [2.24, 2.45) is 0 Å². The van der Waals surface area contributed by atoms with Crippen molar-refractivity contribution in [2.45, 2.75) is 39.8 Å². The first-order valence-electron chi connectivity index (χ1n) is 9.33. The molecule has 1 amide bonds. The number of pyridine rings is 1. The summed E-state index contributed by atoms with van der Waals surface area (Å²) < 4.78 is 10.8. The fraction of sp³-hybridized carbons (Fsp3) is 0.273. The number of nitrogens with zero attached hydrogens (tertiary/aromatic N) is 2. The molecule has 2 aromatic heterocycles. The highest BCUT2D eigenvalue weighted by Crippen LogP contribution is 2.15. The monoisotopic (exact) mass is 393 g/mol. The standard InChI is InChI=1S/C22H23N3O4/c1-14-5-4-10-23-20(14)11-15(2)24-22(27)21-12-19(29-25-21)13-28-18-8-6-17(7-9-18)16(3)26/h4-10,12,15H,11,13H2,1-3H3,(H,24,27). The Bertz CT molecular complexity index is 995. The molecule has 1 atom stereocenters. The molecule has 0 radical (unpaired) electrons. The maximum Gasteiger partial charge on any atom is 0.273 e. The molecule has 0 aliphatic heterocycles. The molecule has 1 aromatic carbocycles. The molecule has 0 aliphatic rings. The highest BCUT2D eigenvalue weighted by Gasteiger charge is 2.16. The van der Waals surface area contributed by atoms with Gasteiger partial charge in [-0.1, -0.05) is 11.2 Å². The fourth-order valence-corrected chi connectivity index (χ4v) is 2.80. The maximum absolute atomic E-state index is 12.4. The first-order valence-corrected chi connectivity index (χ1v) is 9.33. The second-order valence-corrected chi connectivity index (χ2v) is 6.89. The van der Waals surface area contributed by atoms with Crippen LogP contribution in [0.1, 0.15) is 51.7 Å². The van der Waals surface area contributed by atoms with Crippen molar-refractivity contribution in [3.8, 4) is 5.75 Å². The van der Waals surface area contributed by atoms with E-state index in [9.17, 15) is 9.59 Å². The Labute approximate surface area is 169 Å². The summed E-state index contributed by atoms with van der Waals surface area (Å²) in [7, 11) is 0. The van der Waals surface area contributed by atoms with E-state index < -0.39 is 0 Å². The Morgan fingerprint density at radius 3 is 2.66 bits per heavy atom. The van der Waals surface area contributed by atoms with Gasteiger partial charge in [-0.05, 0) is 56.7 Å². The van der Waals surface area contributed by atoms with Crippen LogP contribution in [0.25, 0.3) is 0 Å². The van der Waals surface area contributed by atoms with Gasteiger partial charge < -0.3 is 14.6 Å². The van der Waals surface area contributed by atoms with Crippen LogP contribution in [-0.2, 0) is 13.0 Å². The van der Waals surface area contributed by atoms with Crippen molar-refractivity contribution < 1.29 is 18.8 Å². The number of carbonyl (C=O) groups excluding carboxylic acids is 2. The normalized spacial score (nSPS) is 11.7. The number of carbonyl (C=O) groups is 2. The highest BCUT2D eigenvalue weighted by molar-refractivity contribution is 5.94.